The van der Waals surface area contributed by atoms with Gasteiger partial charge in [-0.25, -0.2) is 4.79 Å². The number of ether oxygens (including phenoxy) is 1. The summed E-state index contributed by atoms with van der Waals surface area (Å²) < 4.78 is 4.85. The predicted molar refractivity (Wildman–Crippen MR) is 81.4 cm³/mol. The maximum absolute atomic E-state index is 11.8. The number of hydrogen-bond donors (Lipinski definition) is 0. The van der Waals surface area contributed by atoms with Crippen molar-refractivity contribution in [3.63, 3.8) is 0 Å². The second-order valence-corrected chi connectivity index (χ2v) is 5.41. The molecule has 4 heteroatoms. The zero-order valence-electron chi connectivity index (χ0n) is 12.8. The van der Waals surface area contributed by atoms with Crippen molar-refractivity contribution in [1.82, 2.24) is 4.90 Å². The molecule has 1 atom stereocenters. The van der Waals surface area contributed by atoms with Gasteiger partial charge in [0.2, 0.25) is 0 Å². The van der Waals surface area contributed by atoms with E-state index in [1.165, 1.54) is 7.11 Å². The molecule has 2 rings (SSSR count). The van der Waals surface area contributed by atoms with Crippen molar-refractivity contribution < 1.29 is 9.53 Å². The van der Waals surface area contributed by atoms with Crippen LogP contribution < -0.4 is 4.90 Å². The number of esters is 1. The minimum absolute atomic E-state index is 0.260. The van der Waals surface area contributed by atoms with Crippen LogP contribution in [0.3, 0.4) is 0 Å². The number of nitrogens with zero attached hydrogens (tertiary/aromatic N) is 2. The van der Waals surface area contributed by atoms with E-state index in [9.17, 15) is 4.79 Å². The van der Waals surface area contributed by atoms with Gasteiger partial charge in [-0.05, 0) is 38.1 Å². The second-order valence-electron chi connectivity index (χ2n) is 5.41. The van der Waals surface area contributed by atoms with Crippen LogP contribution in [0, 0.1) is 6.92 Å². The maximum Gasteiger partial charge on any atom is 0.338 e. The summed E-state index contributed by atoms with van der Waals surface area (Å²) in [6.45, 7) is 10.6. The number of benzene rings is 1. The van der Waals surface area contributed by atoms with E-state index in [0.29, 0.717) is 11.6 Å². The van der Waals surface area contributed by atoms with Crippen LogP contribution in [0.4, 0.5) is 5.69 Å². The predicted octanol–water partition coefficient (Wildman–Crippen LogP) is 2.31. The highest BCUT2D eigenvalue weighted by Crippen LogP contribution is 2.23. The maximum atomic E-state index is 11.8. The summed E-state index contributed by atoms with van der Waals surface area (Å²) in [5, 5.41) is 0. The fourth-order valence-corrected chi connectivity index (χ4v) is 2.84. The number of aryl methyl sites for hydroxylation is 1. The second kappa shape index (κ2) is 6.27. The molecule has 0 spiro atoms. The molecular weight excluding hydrogens is 252 g/mol. The standard InChI is InChI=1S/C16H24N2O2/c1-5-17-8-9-18(11-13(17)3)14-7-6-12(2)15(10-14)16(19)20-4/h6-7,10,13H,5,8-9,11H2,1-4H3. The first-order chi connectivity index (χ1) is 9.56. The Morgan fingerprint density at radius 2 is 2.15 bits per heavy atom. The fraction of sp³-hybridized carbons (Fsp3) is 0.562. The topological polar surface area (TPSA) is 32.8 Å². The molecule has 0 amide bonds. The minimum Gasteiger partial charge on any atom is -0.465 e. The molecular formula is C16H24N2O2. The Morgan fingerprint density at radius 1 is 1.40 bits per heavy atom. The third-order valence-corrected chi connectivity index (χ3v) is 4.16. The van der Waals surface area contributed by atoms with Crippen molar-refractivity contribution in [1.29, 1.82) is 0 Å². The molecule has 4 nitrogen and oxygen atoms in total. The van der Waals surface area contributed by atoms with Gasteiger partial charge in [0.05, 0.1) is 12.7 Å². The lowest BCUT2D eigenvalue weighted by Crippen LogP contribution is -2.51. The van der Waals surface area contributed by atoms with Gasteiger partial charge in [0, 0.05) is 31.4 Å². The zero-order valence-corrected chi connectivity index (χ0v) is 12.8. The molecule has 20 heavy (non-hydrogen) atoms. The number of rotatable bonds is 3. The average Bonchev–Trinajstić information content (AvgIpc) is 2.47. The van der Waals surface area contributed by atoms with E-state index in [1.807, 2.05) is 19.1 Å². The molecule has 1 aliphatic heterocycles. The summed E-state index contributed by atoms with van der Waals surface area (Å²) in [7, 11) is 1.43. The molecule has 110 valence electrons. The number of anilines is 1. The van der Waals surface area contributed by atoms with Crippen LogP contribution in [-0.4, -0.2) is 50.2 Å². The molecule has 0 saturated carbocycles. The van der Waals surface area contributed by atoms with E-state index in [2.05, 4.69) is 29.7 Å². The number of hydrogen-bond acceptors (Lipinski definition) is 4. The van der Waals surface area contributed by atoms with Crippen molar-refractivity contribution in [3.05, 3.63) is 29.3 Å². The molecule has 0 radical (unpaired) electrons. The summed E-state index contributed by atoms with van der Waals surface area (Å²) in [5.41, 5.74) is 2.73. The highest BCUT2D eigenvalue weighted by Gasteiger charge is 2.23. The van der Waals surface area contributed by atoms with E-state index < -0.39 is 0 Å². The lowest BCUT2D eigenvalue weighted by Gasteiger charge is -2.40. The van der Waals surface area contributed by atoms with Gasteiger partial charge in [-0.1, -0.05) is 13.0 Å². The van der Waals surface area contributed by atoms with Crippen molar-refractivity contribution >= 4 is 11.7 Å². The highest BCUT2D eigenvalue weighted by atomic mass is 16.5. The molecule has 1 aliphatic rings. The number of likely N-dealkylation sites (N-methyl/N-ethyl adjacent to an activating group) is 1. The van der Waals surface area contributed by atoms with Crippen LogP contribution in [-0.2, 0) is 4.74 Å². The van der Waals surface area contributed by atoms with Crippen molar-refractivity contribution in [2.45, 2.75) is 26.8 Å². The van der Waals surface area contributed by atoms with Gasteiger partial charge in [0.25, 0.3) is 0 Å². The first-order valence-corrected chi connectivity index (χ1v) is 7.24. The number of carbonyl (C=O) groups excluding carboxylic acids is 1. The molecule has 1 saturated heterocycles. The van der Waals surface area contributed by atoms with Crippen LogP contribution in [0.2, 0.25) is 0 Å². The monoisotopic (exact) mass is 276 g/mol. The molecule has 0 N–H and O–H groups in total. The number of carbonyl (C=O) groups is 1. The Hall–Kier alpha value is -1.55. The lowest BCUT2D eigenvalue weighted by atomic mass is 10.1. The van der Waals surface area contributed by atoms with Gasteiger partial charge < -0.3 is 9.64 Å². The Labute approximate surface area is 121 Å². The Kier molecular flexibility index (Phi) is 4.65. The third-order valence-electron chi connectivity index (χ3n) is 4.16. The van der Waals surface area contributed by atoms with Gasteiger partial charge in [-0.2, -0.15) is 0 Å². The Morgan fingerprint density at radius 3 is 2.75 bits per heavy atom. The Bertz CT molecular complexity index is 487. The van der Waals surface area contributed by atoms with Gasteiger partial charge in [0.15, 0.2) is 0 Å². The Balaban J connectivity index is 2.19. The average molecular weight is 276 g/mol. The van der Waals surface area contributed by atoms with E-state index >= 15 is 0 Å². The van der Waals surface area contributed by atoms with Crippen molar-refractivity contribution in [2.24, 2.45) is 0 Å². The SMILES string of the molecule is CCN1CCN(c2ccc(C)c(C(=O)OC)c2)CC1C. The number of methoxy groups -OCH3 is 1. The highest BCUT2D eigenvalue weighted by molar-refractivity contribution is 5.92. The summed E-state index contributed by atoms with van der Waals surface area (Å²) in [4.78, 5) is 16.6. The van der Waals surface area contributed by atoms with Gasteiger partial charge >= 0.3 is 5.97 Å². The summed E-state index contributed by atoms with van der Waals surface area (Å²) in [6, 6.07) is 6.58. The first-order valence-electron chi connectivity index (χ1n) is 7.24. The first kappa shape index (κ1) is 14.9. The molecule has 1 aromatic carbocycles. The van der Waals surface area contributed by atoms with Crippen molar-refractivity contribution in [2.75, 3.05) is 38.2 Å². The molecule has 1 aromatic rings. The molecule has 0 aliphatic carbocycles. The molecule has 0 aromatic heterocycles. The molecule has 1 heterocycles. The normalized spacial score (nSPS) is 20.0. The van der Waals surface area contributed by atoms with Crippen LogP contribution in [0.15, 0.2) is 18.2 Å². The van der Waals surface area contributed by atoms with Gasteiger partial charge in [-0.3, -0.25) is 4.90 Å². The molecule has 1 fully saturated rings. The van der Waals surface area contributed by atoms with Crippen LogP contribution >= 0.6 is 0 Å². The van der Waals surface area contributed by atoms with Gasteiger partial charge in [0.1, 0.15) is 0 Å². The van der Waals surface area contributed by atoms with E-state index in [-0.39, 0.29) is 5.97 Å². The largest absolute Gasteiger partial charge is 0.465 e. The van der Waals surface area contributed by atoms with Crippen LogP contribution in [0.25, 0.3) is 0 Å². The summed E-state index contributed by atoms with van der Waals surface area (Å²) in [6.07, 6.45) is 0. The zero-order chi connectivity index (χ0) is 14.7. The summed E-state index contributed by atoms with van der Waals surface area (Å²) in [5.74, 6) is -0.260. The minimum atomic E-state index is -0.260. The quantitative estimate of drug-likeness (QED) is 0.793. The van der Waals surface area contributed by atoms with E-state index in [1.54, 1.807) is 0 Å². The summed E-state index contributed by atoms with van der Waals surface area (Å²) >= 11 is 0. The van der Waals surface area contributed by atoms with Gasteiger partial charge in [-0.15, -0.1) is 0 Å². The smallest absolute Gasteiger partial charge is 0.338 e. The lowest BCUT2D eigenvalue weighted by molar-refractivity contribution is 0.0600. The van der Waals surface area contributed by atoms with Crippen molar-refractivity contribution in [3.8, 4) is 0 Å². The number of piperazine rings is 1. The molecule has 1 unspecified atom stereocenters. The van der Waals surface area contributed by atoms with E-state index in [0.717, 1.165) is 37.4 Å². The fourth-order valence-electron chi connectivity index (χ4n) is 2.84. The molecule has 0 bridgehead atoms. The van der Waals surface area contributed by atoms with Crippen LogP contribution in [0.5, 0.6) is 0 Å². The van der Waals surface area contributed by atoms with Crippen LogP contribution in [0.1, 0.15) is 29.8 Å². The third kappa shape index (κ3) is 2.96. The van der Waals surface area contributed by atoms with E-state index in [4.69, 9.17) is 4.74 Å².